The van der Waals surface area contributed by atoms with Gasteiger partial charge < -0.3 is 9.64 Å². The molecule has 0 aromatic carbocycles. The van der Waals surface area contributed by atoms with Gasteiger partial charge in [-0.25, -0.2) is 0 Å². The zero-order valence-electron chi connectivity index (χ0n) is 13.0. The van der Waals surface area contributed by atoms with Gasteiger partial charge in [-0.05, 0) is 48.1 Å². The van der Waals surface area contributed by atoms with Gasteiger partial charge in [-0.2, -0.15) is 11.3 Å². The Morgan fingerprint density at radius 3 is 3.00 bits per heavy atom. The highest BCUT2D eigenvalue weighted by Gasteiger charge is 2.54. The van der Waals surface area contributed by atoms with Gasteiger partial charge in [0.2, 0.25) is 5.91 Å². The summed E-state index contributed by atoms with van der Waals surface area (Å²) >= 11 is 1.75. The Hall–Kier alpha value is -0.910. The fourth-order valence-corrected chi connectivity index (χ4v) is 5.01. The lowest BCUT2D eigenvalue weighted by Gasteiger charge is -2.44. The van der Waals surface area contributed by atoms with Crippen LogP contribution in [0, 0.1) is 5.41 Å². The molecule has 1 aromatic heterocycles. The molecule has 0 radical (unpaired) electrons. The standard InChI is InChI=1S/C17H24N2O2S/c20-16(19-6-1-2-7-19)17-5-9-21-15(17)3-8-18(13-17)11-14-4-10-22-12-14/h4,10,12,15H,1-3,5-9,11,13H2/t15-,17-/m0/s1. The summed E-state index contributed by atoms with van der Waals surface area (Å²) in [6.07, 6.45) is 4.34. The first kappa shape index (κ1) is 14.7. The highest BCUT2D eigenvalue weighted by Crippen LogP contribution is 2.43. The first-order valence-electron chi connectivity index (χ1n) is 8.42. The molecule has 3 aliphatic rings. The van der Waals surface area contributed by atoms with E-state index in [9.17, 15) is 4.79 Å². The quantitative estimate of drug-likeness (QED) is 0.857. The third kappa shape index (κ3) is 2.49. The molecule has 5 heteroatoms. The normalized spacial score (nSPS) is 32.4. The first-order chi connectivity index (χ1) is 10.8. The van der Waals surface area contributed by atoms with Crippen LogP contribution in [0.1, 0.15) is 31.2 Å². The highest BCUT2D eigenvalue weighted by molar-refractivity contribution is 7.07. The summed E-state index contributed by atoms with van der Waals surface area (Å²) in [6.45, 7) is 5.50. The van der Waals surface area contributed by atoms with Crippen molar-refractivity contribution < 1.29 is 9.53 Å². The molecule has 0 aliphatic carbocycles. The minimum absolute atomic E-state index is 0.138. The molecule has 1 amide bonds. The van der Waals surface area contributed by atoms with Crippen molar-refractivity contribution in [2.45, 2.75) is 38.3 Å². The number of hydrogen-bond acceptors (Lipinski definition) is 4. The van der Waals surface area contributed by atoms with Gasteiger partial charge in [0.15, 0.2) is 0 Å². The molecule has 22 heavy (non-hydrogen) atoms. The van der Waals surface area contributed by atoms with Gasteiger partial charge in [-0.1, -0.05) is 0 Å². The average Bonchev–Trinajstić information content (AvgIpc) is 3.27. The molecule has 0 bridgehead atoms. The van der Waals surface area contributed by atoms with Crippen LogP contribution >= 0.6 is 11.3 Å². The number of rotatable bonds is 3. The summed E-state index contributed by atoms with van der Waals surface area (Å²) in [5.74, 6) is 0.363. The van der Waals surface area contributed by atoms with E-state index in [0.717, 1.165) is 65.0 Å². The number of hydrogen-bond donors (Lipinski definition) is 0. The van der Waals surface area contributed by atoms with Crippen LogP contribution in [0.3, 0.4) is 0 Å². The van der Waals surface area contributed by atoms with Crippen LogP contribution in [-0.4, -0.2) is 54.6 Å². The predicted octanol–water partition coefficient (Wildman–Crippen LogP) is 2.35. The van der Waals surface area contributed by atoms with E-state index in [-0.39, 0.29) is 11.5 Å². The summed E-state index contributed by atoms with van der Waals surface area (Å²) in [6, 6.07) is 2.19. The molecule has 1 aromatic rings. The molecule has 3 saturated heterocycles. The van der Waals surface area contributed by atoms with Crippen LogP contribution in [0.5, 0.6) is 0 Å². The van der Waals surface area contributed by atoms with Crippen molar-refractivity contribution in [2.75, 3.05) is 32.8 Å². The molecule has 0 unspecified atom stereocenters. The molecule has 2 atom stereocenters. The molecule has 0 spiro atoms. The van der Waals surface area contributed by atoms with E-state index >= 15 is 0 Å². The van der Waals surface area contributed by atoms with Crippen molar-refractivity contribution in [3.8, 4) is 0 Å². The SMILES string of the molecule is O=C(N1CCCC1)[C@]12CCO[C@H]1CCN(Cc1ccsc1)C2. The highest BCUT2D eigenvalue weighted by atomic mass is 32.1. The summed E-state index contributed by atoms with van der Waals surface area (Å²) in [5, 5.41) is 4.35. The molecule has 4 heterocycles. The Bertz CT molecular complexity index is 527. The fourth-order valence-electron chi connectivity index (χ4n) is 4.35. The van der Waals surface area contributed by atoms with Crippen LogP contribution in [0.4, 0.5) is 0 Å². The topological polar surface area (TPSA) is 32.8 Å². The molecule has 0 N–H and O–H groups in total. The van der Waals surface area contributed by atoms with Crippen molar-refractivity contribution in [3.63, 3.8) is 0 Å². The fraction of sp³-hybridized carbons (Fsp3) is 0.706. The van der Waals surface area contributed by atoms with E-state index < -0.39 is 0 Å². The molecule has 3 fully saturated rings. The van der Waals surface area contributed by atoms with E-state index in [1.165, 1.54) is 5.56 Å². The van der Waals surface area contributed by atoms with Crippen LogP contribution in [0.25, 0.3) is 0 Å². The number of fused-ring (bicyclic) bond motifs is 1. The molecule has 120 valence electrons. The van der Waals surface area contributed by atoms with E-state index in [2.05, 4.69) is 26.6 Å². The van der Waals surface area contributed by atoms with Crippen molar-refractivity contribution >= 4 is 17.2 Å². The van der Waals surface area contributed by atoms with E-state index in [1.54, 1.807) is 11.3 Å². The lowest BCUT2D eigenvalue weighted by Crippen LogP contribution is -2.57. The van der Waals surface area contributed by atoms with Crippen LogP contribution in [0.15, 0.2) is 16.8 Å². The molecular formula is C17H24N2O2S. The Morgan fingerprint density at radius 2 is 2.23 bits per heavy atom. The second-order valence-electron chi connectivity index (χ2n) is 6.90. The molecule has 4 rings (SSSR count). The van der Waals surface area contributed by atoms with Crippen molar-refractivity contribution in [2.24, 2.45) is 5.41 Å². The summed E-state index contributed by atoms with van der Waals surface area (Å²) in [5.41, 5.74) is 1.09. The van der Waals surface area contributed by atoms with Crippen LogP contribution in [-0.2, 0) is 16.1 Å². The van der Waals surface area contributed by atoms with Gasteiger partial charge in [0.1, 0.15) is 0 Å². The van der Waals surface area contributed by atoms with Crippen LogP contribution < -0.4 is 0 Å². The third-order valence-electron chi connectivity index (χ3n) is 5.50. The number of ether oxygens (including phenoxy) is 1. The zero-order chi connectivity index (χ0) is 15.0. The largest absolute Gasteiger partial charge is 0.377 e. The Labute approximate surface area is 136 Å². The summed E-state index contributed by atoms with van der Waals surface area (Å²) < 4.78 is 5.95. The Balaban J connectivity index is 1.53. The molecule has 0 saturated carbocycles. The second-order valence-corrected chi connectivity index (χ2v) is 7.68. The van der Waals surface area contributed by atoms with Gasteiger partial charge >= 0.3 is 0 Å². The lowest BCUT2D eigenvalue weighted by molar-refractivity contribution is -0.149. The number of carbonyl (C=O) groups is 1. The Morgan fingerprint density at radius 1 is 1.36 bits per heavy atom. The molecule has 3 aliphatic heterocycles. The number of amides is 1. The maximum atomic E-state index is 13.2. The van der Waals surface area contributed by atoms with E-state index in [1.807, 2.05) is 0 Å². The van der Waals surface area contributed by atoms with Gasteiger partial charge in [0, 0.05) is 39.3 Å². The van der Waals surface area contributed by atoms with Gasteiger partial charge in [-0.15, -0.1) is 0 Å². The van der Waals surface area contributed by atoms with E-state index in [0.29, 0.717) is 5.91 Å². The van der Waals surface area contributed by atoms with Gasteiger partial charge in [0.05, 0.1) is 11.5 Å². The predicted molar refractivity (Wildman–Crippen MR) is 86.8 cm³/mol. The van der Waals surface area contributed by atoms with E-state index in [4.69, 9.17) is 4.74 Å². The number of likely N-dealkylation sites (tertiary alicyclic amines) is 2. The number of carbonyl (C=O) groups excluding carboxylic acids is 1. The second kappa shape index (κ2) is 5.95. The lowest BCUT2D eigenvalue weighted by atomic mass is 9.75. The van der Waals surface area contributed by atoms with Crippen LogP contribution in [0.2, 0.25) is 0 Å². The molecule has 4 nitrogen and oxygen atoms in total. The third-order valence-corrected chi connectivity index (χ3v) is 6.23. The molecular weight excluding hydrogens is 296 g/mol. The monoisotopic (exact) mass is 320 g/mol. The number of nitrogens with zero attached hydrogens (tertiary/aromatic N) is 2. The number of thiophene rings is 1. The van der Waals surface area contributed by atoms with Crippen molar-refractivity contribution in [3.05, 3.63) is 22.4 Å². The Kier molecular flexibility index (Phi) is 3.96. The number of piperidine rings is 1. The minimum atomic E-state index is -0.279. The maximum Gasteiger partial charge on any atom is 0.232 e. The summed E-state index contributed by atoms with van der Waals surface area (Å²) in [7, 11) is 0. The zero-order valence-corrected chi connectivity index (χ0v) is 13.8. The smallest absolute Gasteiger partial charge is 0.232 e. The van der Waals surface area contributed by atoms with Crippen molar-refractivity contribution in [1.29, 1.82) is 0 Å². The first-order valence-corrected chi connectivity index (χ1v) is 9.37. The minimum Gasteiger partial charge on any atom is -0.377 e. The van der Waals surface area contributed by atoms with Gasteiger partial charge in [-0.3, -0.25) is 9.69 Å². The maximum absolute atomic E-state index is 13.2. The summed E-state index contributed by atoms with van der Waals surface area (Å²) in [4.78, 5) is 17.7. The average molecular weight is 320 g/mol. The van der Waals surface area contributed by atoms with Crippen molar-refractivity contribution in [1.82, 2.24) is 9.80 Å². The van der Waals surface area contributed by atoms with Gasteiger partial charge in [0.25, 0.3) is 0 Å².